The molecule has 132 valence electrons. The third-order valence-corrected chi connectivity index (χ3v) is 5.79. The summed E-state index contributed by atoms with van der Waals surface area (Å²) in [5.41, 5.74) is 4.80. The molecule has 2 aromatic carbocycles. The van der Waals surface area contributed by atoms with Crippen LogP contribution in [0.25, 0.3) is 11.4 Å². The van der Waals surface area contributed by atoms with E-state index >= 15 is 0 Å². The molecule has 0 radical (unpaired) electrons. The van der Waals surface area contributed by atoms with Crippen molar-refractivity contribution in [3.63, 3.8) is 0 Å². The molecule has 2 heterocycles. The van der Waals surface area contributed by atoms with Gasteiger partial charge in [0.15, 0.2) is 5.82 Å². The van der Waals surface area contributed by atoms with Gasteiger partial charge in [-0.25, -0.2) is 9.97 Å². The molecule has 26 heavy (non-hydrogen) atoms. The fraction of sp³-hybridized carbons (Fsp3) is 0.238. The summed E-state index contributed by atoms with van der Waals surface area (Å²) >= 11 is 7.78. The third kappa shape index (κ3) is 3.78. The average Bonchev–Trinajstić information content (AvgIpc) is 2.68. The molecule has 1 aromatic heterocycles. The molecule has 1 aliphatic rings. The molecule has 1 aliphatic heterocycles. The molecule has 0 saturated heterocycles. The van der Waals surface area contributed by atoms with Gasteiger partial charge in [-0.05, 0) is 42.2 Å². The van der Waals surface area contributed by atoms with Gasteiger partial charge in [0, 0.05) is 53.3 Å². The van der Waals surface area contributed by atoms with E-state index in [1.807, 2.05) is 42.2 Å². The van der Waals surface area contributed by atoms with Gasteiger partial charge in [-0.1, -0.05) is 29.8 Å². The first-order valence-corrected chi connectivity index (χ1v) is 10.3. The smallest absolute Gasteiger partial charge is 0.159 e. The van der Waals surface area contributed by atoms with Crippen LogP contribution in [0.3, 0.4) is 0 Å². The van der Waals surface area contributed by atoms with Crippen LogP contribution in [0.4, 0.5) is 0 Å². The normalized spacial score (nSPS) is 14.2. The molecule has 0 atom stereocenters. The largest absolute Gasteiger partial charge is 0.294 e. The molecule has 5 heteroatoms. The minimum absolute atomic E-state index is 0.730. The molecule has 3 aromatic rings. The number of hydrogen-bond acceptors (Lipinski definition) is 4. The van der Waals surface area contributed by atoms with Crippen molar-refractivity contribution in [3.05, 3.63) is 76.6 Å². The second-order valence-electron chi connectivity index (χ2n) is 6.44. The molecule has 0 bridgehead atoms. The lowest BCUT2D eigenvalue weighted by Crippen LogP contribution is -2.31. The zero-order chi connectivity index (χ0) is 17.9. The van der Waals surface area contributed by atoms with Crippen molar-refractivity contribution in [1.82, 2.24) is 14.9 Å². The Balaban J connectivity index is 1.52. The molecule has 0 fully saturated rings. The van der Waals surface area contributed by atoms with Crippen molar-refractivity contribution >= 4 is 23.4 Å². The number of fused-ring (bicyclic) bond motifs is 1. The Morgan fingerprint density at radius 2 is 1.92 bits per heavy atom. The summed E-state index contributed by atoms with van der Waals surface area (Å²) in [5, 5.41) is 0.730. The van der Waals surface area contributed by atoms with Crippen LogP contribution >= 0.6 is 23.4 Å². The molecule has 0 amide bonds. The number of nitrogens with zero attached hydrogens (tertiary/aromatic N) is 3. The summed E-state index contributed by atoms with van der Waals surface area (Å²) in [6.07, 6.45) is 5.08. The lowest BCUT2D eigenvalue weighted by molar-refractivity contribution is 0.241. The molecule has 4 rings (SSSR count). The van der Waals surface area contributed by atoms with Crippen molar-refractivity contribution in [3.8, 4) is 11.4 Å². The van der Waals surface area contributed by atoms with E-state index in [2.05, 4.69) is 40.4 Å². The summed E-state index contributed by atoms with van der Waals surface area (Å²) in [4.78, 5) is 13.2. The van der Waals surface area contributed by atoms with Crippen LogP contribution in [0.15, 0.2) is 59.6 Å². The molecule has 0 aliphatic carbocycles. The first-order valence-electron chi connectivity index (χ1n) is 8.68. The van der Waals surface area contributed by atoms with Crippen LogP contribution in [0, 0.1) is 0 Å². The first-order chi connectivity index (χ1) is 12.7. The average molecular weight is 382 g/mol. The number of halogens is 1. The van der Waals surface area contributed by atoms with E-state index in [0.29, 0.717) is 0 Å². The summed E-state index contributed by atoms with van der Waals surface area (Å²) < 4.78 is 0. The highest BCUT2D eigenvalue weighted by Gasteiger charge is 2.19. The molecular formula is C21H20ClN3S. The van der Waals surface area contributed by atoms with Crippen molar-refractivity contribution < 1.29 is 0 Å². The molecule has 3 nitrogen and oxygen atoms in total. The number of benzene rings is 2. The first kappa shape index (κ1) is 17.5. The number of hydrogen-bond donors (Lipinski definition) is 0. The number of thioether (sulfide) groups is 1. The Labute approximate surface area is 163 Å². The van der Waals surface area contributed by atoms with E-state index in [0.717, 1.165) is 42.5 Å². The van der Waals surface area contributed by atoms with Crippen LogP contribution in [-0.4, -0.2) is 27.7 Å². The van der Waals surface area contributed by atoms with Crippen molar-refractivity contribution in [2.45, 2.75) is 24.4 Å². The maximum Gasteiger partial charge on any atom is 0.159 e. The standard InChI is InChI=1S/C21H20ClN3S/c1-26-20-5-3-2-4-16(20)13-25-11-10-19-17(14-25)12-23-21(24-19)15-6-8-18(22)9-7-15/h2-9,12H,10-11,13-14H2,1H3. The minimum atomic E-state index is 0.730. The molecular weight excluding hydrogens is 362 g/mol. The molecule has 0 spiro atoms. The maximum atomic E-state index is 5.97. The summed E-state index contributed by atoms with van der Waals surface area (Å²) in [7, 11) is 0. The zero-order valence-electron chi connectivity index (χ0n) is 14.7. The highest BCUT2D eigenvalue weighted by atomic mass is 35.5. The predicted octanol–water partition coefficient (Wildman–Crippen LogP) is 5.08. The topological polar surface area (TPSA) is 29.0 Å². The fourth-order valence-corrected chi connectivity index (χ4v) is 4.06. The highest BCUT2D eigenvalue weighted by molar-refractivity contribution is 7.98. The number of aromatic nitrogens is 2. The monoisotopic (exact) mass is 381 g/mol. The zero-order valence-corrected chi connectivity index (χ0v) is 16.2. The van der Waals surface area contributed by atoms with Crippen LogP contribution in [0.5, 0.6) is 0 Å². The van der Waals surface area contributed by atoms with Gasteiger partial charge < -0.3 is 0 Å². The van der Waals surface area contributed by atoms with Gasteiger partial charge >= 0.3 is 0 Å². The van der Waals surface area contributed by atoms with Gasteiger partial charge in [0.2, 0.25) is 0 Å². The van der Waals surface area contributed by atoms with Crippen LogP contribution in [0.1, 0.15) is 16.8 Å². The second-order valence-corrected chi connectivity index (χ2v) is 7.73. The van der Waals surface area contributed by atoms with Crippen LogP contribution in [0.2, 0.25) is 5.02 Å². The van der Waals surface area contributed by atoms with Gasteiger partial charge in [-0.3, -0.25) is 4.90 Å². The Kier molecular flexibility index (Phi) is 5.25. The Hall–Kier alpha value is -1.88. The van der Waals surface area contributed by atoms with Crippen LogP contribution < -0.4 is 0 Å². The van der Waals surface area contributed by atoms with Crippen molar-refractivity contribution in [2.24, 2.45) is 0 Å². The lowest BCUT2D eigenvalue weighted by atomic mass is 10.1. The lowest BCUT2D eigenvalue weighted by Gasteiger charge is -2.28. The van der Waals surface area contributed by atoms with E-state index in [1.165, 1.54) is 21.7 Å². The third-order valence-electron chi connectivity index (χ3n) is 4.70. The van der Waals surface area contributed by atoms with E-state index in [4.69, 9.17) is 16.6 Å². The maximum absolute atomic E-state index is 5.97. The molecule has 0 unspecified atom stereocenters. The Morgan fingerprint density at radius 1 is 1.12 bits per heavy atom. The number of rotatable bonds is 4. The van der Waals surface area contributed by atoms with Gasteiger partial charge in [-0.15, -0.1) is 11.8 Å². The molecule has 0 saturated carbocycles. The summed E-state index contributed by atoms with van der Waals surface area (Å²) in [6, 6.07) is 16.3. The highest BCUT2D eigenvalue weighted by Crippen LogP contribution is 2.26. The summed E-state index contributed by atoms with van der Waals surface area (Å²) in [5.74, 6) is 0.779. The van der Waals surface area contributed by atoms with Gasteiger partial charge in [0.1, 0.15) is 0 Å². The van der Waals surface area contributed by atoms with E-state index in [-0.39, 0.29) is 0 Å². The molecule has 0 N–H and O–H groups in total. The predicted molar refractivity (Wildman–Crippen MR) is 109 cm³/mol. The van der Waals surface area contributed by atoms with Gasteiger partial charge in [-0.2, -0.15) is 0 Å². The fourth-order valence-electron chi connectivity index (χ4n) is 3.32. The Bertz CT molecular complexity index is 911. The SMILES string of the molecule is CSc1ccccc1CN1CCc2nc(-c3ccc(Cl)cc3)ncc2C1. The van der Waals surface area contributed by atoms with Gasteiger partial charge in [0.25, 0.3) is 0 Å². The Morgan fingerprint density at radius 3 is 2.73 bits per heavy atom. The van der Waals surface area contributed by atoms with Crippen LogP contribution in [-0.2, 0) is 19.5 Å². The van der Waals surface area contributed by atoms with Crippen molar-refractivity contribution in [2.75, 3.05) is 12.8 Å². The summed E-state index contributed by atoms with van der Waals surface area (Å²) in [6.45, 7) is 2.89. The van der Waals surface area contributed by atoms with Gasteiger partial charge in [0.05, 0.1) is 5.69 Å². The van der Waals surface area contributed by atoms with Crippen molar-refractivity contribution in [1.29, 1.82) is 0 Å². The van der Waals surface area contributed by atoms with E-state index < -0.39 is 0 Å². The quantitative estimate of drug-likeness (QED) is 0.589. The minimum Gasteiger partial charge on any atom is -0.294 e. The van der Waals surface area contributed by atoms with E-state index in [1.54, 1.807) is 0 Å². The van der Waals surface area contributed by atoms with E-state index in [9.17, 15) is 0 Å². The second kappa shape index (κ2) is 7.78.